The van der Waals surface area contributed by atoms with Gasteiger partial charge in [-0.1, -0.05) is 30.3 Å². The third-order valence-corrected chi connectivity index (χ3v) is 3.04. The summed E-state index contributed by atoms with van der Waals surface area (Å²) in [6.07, 6.45) is -0.338. The second-order valence-electron chi connectivity index (χ2n) is 6.55. The van der Waals surface area contributed by atoms with Gasteiger partial charge in [0.05, 0.1) is 6.61 Å². The molecule has 0 saturated carbocycles. The van der Waals surface area contributed by atoms with Crippen LogP contribution in [0.4, 0.5) is 4.79 Å². The first-order valence-electron chi connectivity index (χ1n) is 8.09. The first kappa shape index (κ1) is 20.5. The highest BCUT2D eigenvalue weighted by molar-refractivity contribution is 5.81. The van der Waals surface area contributed by atoms with Gasteiger partial charge in [0.15, 0.2) is 0 Å². The van der Waals surface area contributed by atoms with E-state index in [4.69, 9.17) is 14.6 Å². The van der Waals surface area contributed by atoms with Gasteiger partial charge in [0, 0.05) is 12.8 Å². The van der Waals surface area contributed by atoms with Crippen molar-refractivity contribution in [2.45, 2.75) is 51.7 Å². The quantitative estimate of drug-likeness (QED) is 0.551. The molecule has 1 atom stereocenters. The lowest BCUT2D eigenvalue weighted by molar-refractivity contribution is -0.147. The van der Waals surface area contributed by atoms with Crippen molar-refractivity contribution in [1.82, 2.24) is 5.32 Å². The Labute approximate surface area is 147 Å². The van der Waals surface area contributed by atoms with Gasteiger partial charge in [-0.05, 0) is 32.8 Å². The summed E-state index contributed by atoms with van der Waals surface area (Å²) in [4.78, 5) is 34.7. The van der Waals surface area contributed by atoms with Gasteiger partial charge in [-0.2, -0.15) is 0 Å². The molecule has 0 spiro atoms. The number of benzene rings is 1. The van der Waals surface area contributed by atoms with Crippen molar-refractivity contribution in [1.29, 1.82) is 0 Å². The molecule has 0 bridgehead atoms. The molecule has 1 unspecified atom stereocenters. The first-order valence-corrected chi connectivity index (χ1v) is 8.09. The van der Waals surface area contributed by atoms with Crippen LogP contribution in [0.5, 0.6) is 0 Å². The zero-order chi connectivity index (χ0) is 18.9. The molecular weight excluding hydrogens is 326 g/mol. The standard InChI is InChI=1S/C18H25NO6/c1-18(2,3)25-17(23)19-14(12-13-8-5-4-6-9-13)16(22)24-11-7-10-15(20)21/h4-6,8-9,14H,7,10-12H2,1-3H3,(H,19,23)(H,20,21). The van der Waals surface area contributed by atoms with Gasteiger partial charge in [0.1, 0.15) is 11.6 Å². The number of aliphatic carboxylic acids is 1. The lowest BCUT2D eigenvalue weighted by atomic mass is 10.1. The van der Waals surface area contributed by atoms with Crippen molar-refractivity contribution in [3.8, 4) is 0 Å². The average Bonchev–Trinajstić information content (AvgIpc) is 2.49. The van der Waals surface area contributed by atoms with Crippen LogP contribution in [0, 0.1) is 0 Å². The van der Waals surface area contributed by atoms with Crippen LogP contribution < -0.4 is 5.32 Å². The molecule has 0 aliphatic carbocycles. The fraction of sp³-hybridized carbons (Fsp3) is 0.500. The minimum Gasteiger partial charge on any atom is -0.481 e. The van der Waals surface area contributed by atoms with E-state index in [2.05, 4.69) is 5.32 Å². The zero-order valence-electron chi connectivity index (χ0n) is 14.8. The maximum atomic E-state index is 12.3. The fourth-order valence-electron chi connectivity index (χ4n) is 1.99. The maximum Gasteiger partial charge on any atom is 0.408 e. The van der Waals surface area contributed by atoms with Crippen molar-refractivity contribution in [3.63, 3.8) is 0 Å². The Morgan fingerprint density at radius 2 is 1.80 bits per heavy atom. The highest BCUT2D eigenvalue weighted by Gasteiger charge is 2.25. The highest BCUT2D eigenvalue weighted by atomic mass is 16.6. The molecule has 1 amide bonds. The zero-order valence-corrected chi connectivity index (χ0v) is 14.8. The molecule has 138 valence electrons. The number of esters is 1. The van der Waals surface area contributed by atoms with Gasteiger partial charge in [-0.25, -0.2) is 9.59 Å². The van der Waals surface area contributed by atoms with E-state index in [9.17, 15) is 14.4 Å². The molecule has 7 nitrogen and oxygen atoms in total. The van der Waals surface area contributed by atoms with Crippen LogP contribution in [0.3, 0.4) is 0 Å². The van der Waals surface area contributed by atoms with Crippen molar-refractivity contribution in [2.24, 2.45) is 0 Å². The van der Waals surface area contributed by atoms with E-state index in [0.29, 0.717) is 0 Å². The Hall–Kier alpha value is -2.57. The van der Waals surface area contributed by atoms with E-state index in [1.807, 2.05) is 30.3 Å². The van der Waals surface area contributed by atoms with E-state index >= 15 is 0 Å². The highest BCUT2D eigenvalue weighted by Crippen LogP contribution is 2.09. The predicted octanol–water partition coefficient (Wildman–Crippen LogP) is 2.53. The maximum absolute atomic E-state index is 12.3. The number of hydrogen-bond acceptors (Lipinski definition) is 5. The Balaban J connectivity index is 2.68. The molecule has 0 heterocycles. The molecule has 1 aromatic rings. The lowest BCUT2D eigenvalue weighted by Crippen LogP contribution is -2.45. The number of carboxylic acids is 1. The molecule has 25 heavy (non-hydrogen) atoms. The van der Waals surface area contributed by atoms with Crippen LogP contribution >= 0.6 is 0 Å². The molecule has 1 rings (SSSR count). The van der Waals surface area contributed by atoms with Gasteiger partial charge in [-0.15, -0.1) is 0 Å². The summed E-state index contributed by atoms with van der Waals surface area (Å²) in [5.41, 5.74) is 0.165. The summed E-state index contributed by atoms with van der Waals surface area (Å²) in [5, 5.41) is 11.1. The van der Waals surface area contributed by atoms with Gasteiger partial charge in [0.2, 0.25) is 0 Å². The summed E-state index contributed by atoms with van der Waals surface area (Å²) < 4.78 is 10.3. The fourth-order valence-corrected chi connectivity index (χ4v) is 1.99. The predicted molar refractivity (Wildman–Crippen MR) is 91.1 cm³/mol. The minimum absolute atomic E-state index is 0.0214. The van der Waals surface area contributed by atoms with Crippen molar-refractivity contribution >= 4 is 18.0 Å². The summed E-state index contributed by atoms with van der Waals surface area (Å²) in [5.74, 6) is -1.58. The Morgan fingerprint density at radius 1 is 1.16 bits per heavy atom. The number of carbonyl (C=O) groups is 3. The van der Waals surface area contributed by atoms with Crippen LogP contribution in [-0.4, -0.2) is 41.4 Å². The molecule has 7 heteroatoms. The molecule has 0 saturated heterocycles. The van der Waals surface area contributed by atoms with Crippen LogP contribution in [0.2, 0.25) is 0 Å². The third kappa shape index (κ3) is 9.34. The van der Waals surface area contributed by atoms with Gasteiger partial charge in [-0.3, -0.25) is 4.79 Å². The first-order chi connectivity index (χ1) is 11.7. The summed E-state index contributed by atoms with van der Waals surface area (Å²) in [6.45, 7) is 5.15. The summed E-state index contributed by atoms with van der Waals surface area (Å²) >= 11 is 0. The van der Waals surface area contributed by atoms with Crippen LogP contribution in [0.1, 0.15) is 39.2 Å². The average molecular weight is 351 g/mol. The molecule has 0 aliphatic rings. The van der Waals surface area contributed by atoms with E-state index < -0.39 is 29.7 Å². The van der Waals surface area contributed by atoms with Gasteiger partial charge in [0.25, 0.3) is 0 Å². The molecule has 0 fully saturated rings. The minimum atomic E-state index is -0.955. The number of amides is 1. The number of carboxylic acid groups (broad SMARTS) is 1. The van der Waals surface area contributed by atoms with E-state index in [1.54, 1.807) is 20.8 Å². The second kappa shape index (κ2) is 9.66. The monoisotopic (exact) mass is 351 g/mol. The van der Waals surface area contributed by atoms with Crippen molar-refractivity contribution in [3.05, 3.63) is 35.9 Å². The molecule has 0 radical (unpaired) electrons. The van der Waals surface area contributed by atoms with Crippen LogP contribution in [0.25, 0.3) is 0 Å². The van der Waals surface area contributed by atoms with E-state index in [-0.39, 0.29) is 25.9 Å². The number of hydrogen-bond donors (Lipinski definition) is 2. The Kier molecular flexibility index (Phi) is 7.91. The molecule has 0 aliphatic heterocycles. The van der Waals surface area contributed by atoms with Crippen LogP contribution in [0.15, 0.2) is 30.3 Å². The normalized spacial score (nSPS) is 12.1. The van der Waals surface area contributed by atoms with Gasteiger partial charge >= 0.3 is 18.0 Å². The number of nitrogens with one attached hydrogen (secondary N) is 1. The SMILES string of the molecule is CC(C)(C)OC(=O)NC(Cc1ccccc1)C(=O)OCCCC(=O)O. The molecule has 2 N–H and O–H groups in total. The lowest BCUT2D eigenvalue weighted by Gasteiger charge is -2.23. The molecule has 0 aromatic heterocycles. The molecule has 1 aromatic carbocycles. The number of ether oxygens (including phenoxy) is 2. The summed E-state index contributed by atoms with van der Waals surface area (Å²) in [7, 11) is 0. The van der Waals surface area contributed by atoms with Crippen molar-refractivity contribution < 1.29 is 29.0 Å². The Bertz CT molecular complexity index is 579. The number of rotatable bonds is 8. The topological polar surface area (TPSA) is 102 Å². The van der Waals surface area contributed by atoms with Crippen molar-refractivity contribution in [2.75, 3.05) is 6.61 Å². The number of carbonyl (C=O) groups excluding carboxylic acids is 2. The van der Waals surface area contributed by atoms with Gasteiger partial charge < -0.3 is 19.9 Å². The number of alkyl carbamates (subject to hydrolysis) is 1. The Morgan fingerprint density at radius 3 is 2.36 bits per heavy atom. The smallest absolute Gasteiger partial charge is 0.408 e. The van der Waals surface area contributed by atoms with Crippen LogP contribution in [-0.2, 0) is 25.5 Å². The van der Waals surface area contributed by atoms with E-state index in [0.717, 1.165) is 5.56 Å². The second-order valence-corrected chi connectivity index (χ2v) is 6.55. The third-order valence-electron chi connectivity index (χ3n) is 3.04. The molecular formula is C18H25NO6. The van der Waals surface area contributed by atoms with E-state index in [1.165, 1.54) is 0 Å². The largest absolute Gasteiger partial charge is 0.481 e. The summed E-state index contributed by atoms with van der Waals surface area (Å²) in [6, 6.07) is 8.27.